The third-order valence-corrected chi connectivity index (χ3v) is 4.89. The first-order chi connectivity index (χ1) is 12.1. The van der Waals surface area contributed by atoms with Crippen LogP contribution in [-0.2, 0) is 11.2 Å². The summed E-state index contributed by atoms with van der Waals surface area (Å²) in [7, 11) is 2.00. The van der Waals surface area contributed by atoms with Crippen LogP contribution in [0.5, 0.6) is 5.75 Å². The molecule has 130 valence electrons. The van der Waals surface area contributed by atoms with Gasteiger partial charge in [-0.1, -0.05) is 30.0 Å². The van der Waals surface area contributed by atoms with Crippen LogP contribution in [0.25, 0.3) is 0 Å². The molecule has 0 radical (unpaired) electrons. The lowest BCUT2D eigenvalue weighted by atomic mass is 10.1. The molecule has 0 saturated carbocycles. The van der Waals surface area contributed by atoms with Gasteiger partial charge in [-0.3, -0.25) is 19.8 Å². The smallest absolute Gasteiger partial charge is 0.286 e. The molecule has 0 aliphatic carbocycles. The van der Waals surface area contributed by atoms with Crippen LogP contribution in [-0.4, -0.2) is 36.6 Å². The fourth-order valence-corrected chi connectivity index (χ4v) is 3.37. The van der Waals surface area contributed by atoms with E-state index in [0.717, 1.165) is 35.4 Å². The van der Waals surface area contributed by atoms with Gasteiger partial charge in [0.1, 0.15) is 18.9 Å². The number of ether oxygens (including phenoxy) is 1. The van der Waals surface area contributed by atoms with Crippen molar-refractivity contribution in [2.45, 2.75) is 11.7 Å². The van der Waals surface area contributed by atoms with Crippen molar-refractivity contribution in [3.8, 4) is 5.75 Å². The fraction of sp³-hybridized carbons (Fsp3) is 0.278. The van der Waals surface area contributed by atoms with E-state index < -0.39 is 0 Å². The van der Waals surface area contributed by atoms with Crippen LogP contribution in [0.4, 0.5) is 10.6 Å². The van der Waals surface area contributed by atoms with E-state index in [4.69, 9.17) is 4.74 Å². The number of likely N-dealkylation sites (N-methyl/N-ethyl adjacent to an activating group) is 1. The minimum atomic E-state index is -0.338. The molecule has 1 aromatic carbocycles. The molecule has 6 nitrogen and oxygen atoms in total. The van der Waals surface area contributed by atoms with Crippen LogP contribution in [0.2, 0.25) is 0 Å². The van der Waals surface area contributed by atoms with Crippen molar-refractivity contribution in [1.29, 1.82) is 0 Å². The number of nitrogens with one attached hydrogen (secondary N) is 2. The van der Waals surface area contributed by atoms with Gasteiger partial charge in [-0.15, -0.1) is 0 Å². The molecule has 0 unspecified atom stereocenters. The predicted octanol–water partition coefficient (Wildman–Crippen LogP) is 1.91. The Morgan fingerprint density at radius 1 is 1.20 bits per heavy atom. The Morgan fingerprint density at radius 2 is 2.00 bits per heavy atom. The van der Waals surface area contributed by atoms with Crippen LogP contribution >= 0.6 is 11.8 Å². The Balaban J connectivity index is 1.46. The number of aromatic amines is 1. The van der Waals surface area contributed by atoms with E-state index in [0.29, 0.717) is 13.0 Å². The Morgan fingerprint density at radius 3 is 2.64 bits per heavy atom. The highest BCUT2D eigenvalue weighted by Crippen LogP contribution is 2.23. The first-order valence-corrected chi connectivity index (χ1v) is 8.91. The number of nitrogens with zero attached hydrogens (tertiary/aromatic N) is 1. The molecule has 3 rings (SSSR count). The lowest BCUT2D eigenvalue weighted by molar-refractivity contribution is -0.363. The SMILES string of the molecule is CN(CCOc1ccc(C[C@@H]2SC(=O)NC2=O)cc1)c1cccc[nH+]1. The second-order valence-electron chi connectivity index (χ2n) is 5.75. The number of rotatable bonds is 7. The standard InChI is InChI=1S/C18H19N3O3S/c1-21(16-4-2-3-9-19-16)10-11-24-14-7-5-13(6-8-14)12-15-17(22)20-18(23)25-15/h2-9,15H,10-12H2,1H3,(H,20,22,23)/p+1/t15-/m0/s1. The van der Waals surface area contributed by atoms with Crippen LogP contribution in [0, 0.1) is 0 Å². The second kappa shape index (κ2) is 8.02. The highest BCUT2D eigenvalue weighted by molar-refractivity contribution is 8.15. The maximum Gasteiger partial charge on any atom is 0.286 e. The van der Waals surface area contributed by atoms with Gasteiger partial charge in [-0.2, -0.15) is 0 Å². The molecule has 1 saturated heterocycles. The molecule has 1 aromatic heterocycles. The summed E-state index contributed by atoms with van der Waals surface area (Å²) in [6.45, 7) is 1.32. The first-order valence-electron chi connectivity index (χ1n) is 8.03. The van der Waals surface area contributed by atoms with E-state index in [9.17, 15) is 9.59 Å². The molecule has 0 bridgehead atoms. The molecule has 1 atom stereocenters. The number of anilines is 1. The summed E-state index contributed by atoms with van der Waals surface area (Å²) in [5.41, 5.74) is 1.01. The second-order valence-corrected chi connectivity index (χ2v) is 6.92. The molecule has 2 amide bonds. The lowest BCUT2D eigenvalue weighted by Crippen LogP contribution is -2.28. The maximum atomic E-state index is 11.6. The number of hydrogen-bond donors (Lipinski definition) is 1. The predicted molar refractivity (Wildman–Crippen MR) is 96.8 cm³/mol. The van der Waals surface area contributed by atoms with Crippen LogP contribution in [0.15, 0.2) is 48.7 Å². The molecule has 1 aliphatic rings. The molecule has 2 aromatic rings. The van der Waals surface area contributed by atoms with E-state index in [1.807, 2.05) is 55.7 Å². The Labute approximate surface area is 150 Å². The van der Waals surface area contributed by atoms with Gasteiger partial charge >= 0.3 is 0 Å². The monoisotopic (exact) mass is 358 g/mol. The number of carbonyl (C=O) groups is 2. The molecular formula is C18H20N3O3S+. The molecule has 0 spiro atoms. The highest BCUT2D eigenvalue weighted by Gasteiger charge is 2.31. The van der Waals surface area contributed by atoms with E-state index in [2.05, 4.69) is 15.2 Å². The number of amides is 2. The number of H-pyrrole nitrogens is 1. The van der Waals surface area contributed by atoms with Gasteiger partial charge in [0.2, 0.25) is 5.91 Å². The summed E-state index contributed by atoms with van der Waals surface area (Å²) in [5.74, 6) is 1.60. The normalized spacial score (nSPS) is 16.6. The first kappa shape index (κ1) is 17.3. The van der Waals surface area contributed by atoms with Crippen molar-refractivity contribution in [3.05, 3.63) is 54.2 Å². The summed E-state index contributed by atoms with van der Waals surface area (Å²) >= 11 is 1.05. The lowest BCUT2D eigenvalue weighted by Gasteiger charge is -2.12. The number of pyridine rings is 1. The van der Waals surface area contributed by atoms with Crippen molar-refractivity contribution in [3.63, 3.8) is 0 Å². The van der Waals surface area contributed by atoms with Gasteiger partial charge in [-0.25, -0.2) is 4.98 Å². The van der Waals surface area contributed by atoms with E-state index >= 15 is 0 Å². The minimum Gasteiger partial charge on any atom is -0.490 e. The molecular weight excluding hydrogens is 338 g/mol. The van der Waals surface area contributed by atoms with Crippen molar-refractivity contribution in [1.82, 2.24) is 5.32 Å². The van der Waals surface area contributed by atoms with Gasteiger partial charge in [-0.05, 0) is 30.2 Å². The van der Waals surface area contributed by atoms with Crippen LogP contribution in [0.1, 0.15) is 5.56 Å². The zero-order chi connectivity index (χ0) is 17.6. The Bertz CT molecular complexity index is 737. The quantitative estimate of drug-likeness (QED) is 0.818. The summed E-state index contributed by atoms with van der Waals surface area (Å²) in [4.78, 5) is 28.0. The van der Waals surface area contributed by atoms with Gasteiger partial charge in [0.15, 0.2) is 0 Å². The van der Waals surface area contributed by atoms with Crippen LogP contribution in [0.3, 0.4) is 0 Å². The van der Waals surface area contributed by atoms with E-state index in [1.165, 1.54) is 0 Å². The van der Waals surface area contributed by atoms with Gasteiger partial charge in [0.25, 0.3) is 11.1 Å². The van der Waals surface area contributed by atoms with Crippen molar-refractivity contribution in [2.75, 3.05) is 25.1 Å². The molecule has 1 fully saturated rings. The molecule has 7 heteroatoms. The average molecular weight is 358 g/mol. The number of benzene rings is 1. The number of imide groups is 1. The fourth-order valence-electron chi connectivity index (χ4n) is 2.51. The number of thioether (sulfide) groups is 1. The zero-order valence-corrected chi connectivity index (χ0v) is 14.7. The third kappa shape index (κ3) is 4.73. The van der Waals surface area contributed by atoms with Crippen molar-refractivity contribution >= 4 is 28.7 Å². The largest absolute Gasteiger partial charge is 0.490 e. The van der Waals surface area contributed by atoms with Gasteiger partial charge in [0.05, 0.1) is 18.5 Å². The zero-order valence-electron chi connectivity index (χ0n) is 13.9. The number of aromatic nitrogens is 1. The Hall–Kier alpha value is -2.54. The maximum absolute atomic E-state index is 11.6. The average Bonchev–Trinajstić information content (AvgIpc) is 2.94. The summed E-state index contributed by atoms with van der Waals surface area (Å²) in [6.07, 6.45) is 2.43. The Kier molecular flexibility index (Phi) is 5.55. The van der Waals surface area contributed by atoms with Crippen molar-refractivity contribution in [2.24, 2.45) is 0 Å². The van der Waals surface area contributed by atoms with Crippen LogP contribution < -0.4 is 19.9 Å². The van der Waals surface area contributed by atoms with E-state index in [-0.39, 0.29) is 16.4 Å². The van der Waals surface area contributed by atoms with Gasteiger partial charge in [0, 0.05) is 6.07 Å². The topological polar surface area (TPSA) is 72.8 Å². The molecule has 2 N–H and O–H groups in total. The summed E-state index contributed by atoms with van der Waals surface area (Å²) in [6, 6.07) is 13.6. The number of carbonyl (C=O) groups excluding carboxylic acids is 2. The molecule has 2 heterocycles. The molecule has 25 heavy (non-hydrogen) atoms. The number of hydrogen-bond acceptors (Lipinski definition) is 5. The van der Waals surface area contributed by atoms with Crippen molar-refractivity contribution < 1.29 is 19.3 Å². The van der Waals surface area contributed by atoms with Gasteiger partial charge < -0.3 is 4.74 Å². The minimum absolute atomic E-state index is 0.212. The summed E-state index contributed by atoms with van der Waals surface area (Å²) < 4.78 is 5.77. The highest BCUT2D eigenvalue weighted by atomic mass is 32.2. The van der Waals surface area contributed by atoms with E-state index in [1.54, 1.807) is 0 Å². The molecule has 1 aliphatic heterocycles. The summed E-state index contributed by atoms with van der Waals surface area (Å²) in [5, 5.41) is 1.70. The third-order valence-electron chi connectivity index (χ3n) is 3.91.